The van der Waals surface area contributed by atoms with E-state index >= 15 is 0 Å². The highest BCUT2D eigenvalue weighted by atomic mass is 16.5. The van der Waals surface area contributed by atoms with E-state index in [-0.39, 0.29) is 0 Å². The van der Waals surface area contributed by atoms with Crippen molar-refractivity contribution >= 4 is 0 Å². The minimum absolute atomic E-state index is 0.924. The molecule has 0 bridgehead atoms. The second kappa shape index (κ2) is 13.8. The average molecular weight is 284 g/mol. The maximum absolute atomic E-state index is 5.65. The molecule has 0 amide bonds. The highest BCUT2D eigenvalue weighted by molar-refractivity contribution is 4.66. The van der Waals surface area contributed by atoms with Crippen LogP contribution in [0.2, 0.25) is 0 Å². The summed E-state index contributed by atoms with van der Waals surface area (Å²) in [6, 6.07) is 0. The van der Waals surface area contributed by atoms with E-state index in [0.29, 0.717) is 0 Å². The van der Waals surface area contributed by atoms with Gasteiger partial charge in [0.25, 0.3) is 0 Å². The summed E-state index contributed by atoms with van der Waals surface area (Å²) < 4.78 is 5.65. The Morgan fingerprint density at radius 1 is 0.850 bits per heavy atom. The monoisotopic (exact) mass is 284 g/mol. The van der Waals surface area contributed by atoms with Gasteiger partial charge in [0, 0.05) is 13.2 Å². The van der Waals surface area contributed by atoms with Crippen LogP contribution in [0.1, 0.15) is 64.7 Å². The summed E-state index contributed by atoms with van der Waals surface area (Å²) in [6.07, 6.45) is 11.9. The lowest BCUT2D eigenvalue weighted by molar-refractivity contribution is 0.127. The predicted molar refractivity (Wildman–Crippen MR) is 87.4 cm³/mol. The summed E-state index contributed by atoms with van der Waals surface area (Å²) in [7, 11) is 0. The smallest absolute Gasteiger partial charge is 0.0478 e. The van der Waals surface area contributed by atoms with Crippen LogP contribution in [0.4, 0.5) is 0 Å². The minimum atomic E-state index is 0.924. The summed E-state index contributed by atoms with van der Waals surface area (Å²) in [6.45, 7) is 10.3. The van der Waals surface area contributed by atoms with E-state index in [1.54, 1.807) is 0 Å². The lowest BCUT2D eigenvalue weighted by Gasteiger charge is -2.14. The van der Waals surface area contributed by atoms with Gasteiger partial charge in [0.05, 0.1) is 0 Å². The van der Waals surface area contributed by atoms with E-state index < -0.39 is 0 Å². The molecule has 0 saturated carbocycles. The van der Waals surface area contributed by atoms with Crippen LogP contribution in [0.15, 0.2) is 0 Å². The van der Waals surface area contributed by atoms with Crippen molar-refractivity contribution in [1.29, 1.82) is 0 Å². The van der Waals surface area contributed by atoms with Gasteiger partial charge in [0.2, 0.25) is 0 Å². The van der Waals surface area contributed by atoms with Gasteiger partial charge in [-0.1, -0.05) is 32.6 Å². The first kappa shape index (κ1) is 17.9. The topological polar surface area (TPSA) is 24.5 Å². The average Bonchev–Trinajstić information content (AvgIpc) is 2.97. The van der Waals surface area contributed by atoms with Crippen molar-refractivity contribution in [3.8, 4) is 0 Å². The third-order valence-corrected chi connectivity index (χ3v) is 4.06. The van der Waals surface area contributed by atoms with Crippen molar-refractivity contribution < 1.29 is 4.74 Å². The second-order valence-electron chi connectivity index (χ2n) is 6.03. The van der Waals surface area contributed by atoms with E-state index in [1.807, 2.05) is 0 Å². The predicted octanol–water partition coefficient (Wildman–Crippen LogP) is 3.44. The lowest BCUT2D eigenvalue weighted by Crippen LogP contribution is -2.25. The molecule has 0 aromatic heterocycles. The van der Waals surface area contributed by atoms with Crippen LogP contribution in [0.3, 0.4) is 0 Å². The van der Waals surface area contributed by atoms with Gasteiger partial charge in [0.15, 0.2) is 0 Å². The Bertz CT molecular complexity index is 193. The summed E-state index contributed by atoms with van der Waals surface area (Å²) in [4.78, 5) is 2.59. The van der Waals surface area contributed by atoms with Crippen LogP contribution >= 0.6 is 0 Å². The number of nitrogens with one attached hydrogen (secondary N) is 1. The maximum Gasteiger partial charge on any atom is 0.0478 e. The Morgan fingerprint density at radius 3 is 2.35 bits per heavy atom. The number of rotatable bonds is 14. The van der Waals surface area contributed by atoms with Crippen molar-refractivity contribution in [3.63, 3.8) is 0 Å². The van der Waals surface area contributed by atoms with Crippen LogP contribution in [0.25, 0.3) is 0 Å². The van der Waals surface area contributed by atoms with Gasteiger partial charge in [-0.3, -0.25) is 0 Å². The minimum Gasteiger partial charge on any atom is -0.381 e. The highest BCUT2D eigenvalue weighted by Crippen LogP contribution is 2.06. The fourth-order valence-electron chi connectivity index (χ4n) is 2.77. The number of ether oxygens (including phenoxy) is 1. The summed E-state index contributed by atoms with van der Waals surface area (Å²) in [5, 5.41) is 3.52. The first-order valence-corrected chi connectivity index (χ1v) is 8.94. The molecule has 1 fully saturated rings. The summed E-state index contributed by atoms with van der Waals surface area (Å²) >= 11 is 0. The molecule has 0 aromatic carbocycles. The zero-order valence-corrected chi connectivity index (χ0v) is 13.7. The van der Waals surface area contributed by atoms with Gasteiger partial charge in [0.1, 0.15) is 0 Å². The Kier molecular flexibility index (Phi) is 12.4. The van der Waals surface area contributed by atoms with E-state index in [1.165, 1.54) is 71.0 Å². The molecule has 1 rings (SSSR count). The SMILES string of the molecule is CCCCCCCOCCCNCCCN1CCCC1. The second-order valence-corrected chi connectivity index (χ2v) is 6.03. The van der Waals surface area contributed by atoms with Crippen LogP contribution in [0.5, 0.6) is 0 Å². The molecule has 120 valence electrons. The normalized spacial score (nSPS) is 16.1. The fraction of sp³-hybridized carbons (Fsp3) is 1.00. The van der Waals surface area contributed by atoms with E-state index in [4.69, 9.17) is 4.74 Å². The fourth-order valence-corrected chi connectivity index (χ4v) is 2.77. The first-order valence-electron chi connectivity index (χ1n) is 8.94. The molecule has 0 aliphatic carbocycles. The Morgan fingerprint density at radius 2 is 1.55 bits per heavy atom. The van der Waals surface area contributed by atoms with Crippen molar-refractivity contribution in [2.75, 3.05) is 45.9 Å². The molecule has 0 atom stereocenters. The third kappa shape index (κ3) is 10.6. The number of nitrogens with zero attached hydrogens (tertiary/aromatic N) is 1. The van der Waals surface area contributed by atoms with Crippen LogP contribution in [-0.4, -0.2) is 50.8 Å². The summed E-state index contributed by atoms with van der Waals surface area (Å²) in [5.41, 5.74) is 0. The number of unbranched alkanes of at least 4 members (excludes halogenated alkanes) is 4. The first-order chi connectivity index (χ1) is 9.93. The number of hydrogen-bond donors (Lipinski definition) is 1. The molecule has 0 unspecified atom stereocenters. The zero-order chi connectivity index (χ0) is 14.3. The highest BCUT2D eigenvalue weighted by Gasteiger charge is 2.09. The van der Waals surface area contributed by atoms with Crippen molar-refractivity contribution in [2.45, 2.75) is 64.7 Å². The molecule has 1 aliphatic heterocycles. The number of hydrogen-bond acceptors (Lipinski definition) is 3. The Labute approximate surface area is 126 Å². The molecule has 1 aliphatic rings. The van der Waals surface area contributed by atoms with Gasteiger partial charge in [-0.2, -0.15) is 0 Å². The van der Waals surface area contributed by atoms with Crippen molar-refractivity contribution in [1.82, 2.24) is 10.2 Å². The molecule has 1 saturated heterocycles. The van der Waals surface area contributed by atoms with E-state index in [0.717, 1.165) is 32.7 Å². The molecule has 20 heavy (non-hydrogen) atoms. The van der Waals surface area contributed by atoms with Gasteiger partial charge in [-0.25, -0.2) is 0 Å². The molecular formula is C17H36N2O. The van der Waals surface area contributed by atoms with Crippen molar-refractivity contribution in [3.05, 3.63) is 0 Å². The molecule has 1 heterocycles. The largest absolute Gasteiger partial charge is 0.381 e. The molecule has 3 heteroatoms. The Hall–Kier alpha value is -0.120. The van der Waals surface area contributed by atoms with Crippen molar-refractivity contribution in [2.24, 2.45) is 0 Å². The zero-order valence-electron chi connectivity index (χ0n) is 13.7. The third-order valence-electron chi connectivity index (χ3n) is 4.06. The standard InChI is InChI=1S/C17H36N2O/c1-2-3-4-5-8-16-20-17-10-12-18-11-9-15-19-13-6-7-14-19/h18H,2-17H2,1H3. The quantitative estimate of drug-likeness (QED) is 0.495. The Balaban J connectivity index is 1.66. The molecule has 1 N–H and O–H groups in total. The van der Waals surface area contributed by atoms with Crippen LogP contribution in [-0.2, 0) is 4.74 Å². The molecule has 3 nitrogen and oxygen atoms in total. The number of likely N-dealkylation sites (tertiary alicyclic amines) is 1. The maximum atomic E-state index is 5.65. The molecule has 0 radical (unpaired) electrons. The van der Waals surface area contributed by atoms with Gasteiger partial charge in [-0.15, -0.1) is 0 Å². The summed E-state index contributed by atoms with van der Waals surface area (Å²) in [5.74, 6) is 0. The lowest BCUT2D eigenvalue weighted by atomic mass is 10.2. The van der Waals surface area contributed by atoms with E-state index in [9.17, 15) is 0 Å². The molecule has 0 spiro atoms. The van der Waals surface area contributed by atoms with Gasteiger partial charge >= 0.3 is 0 Å². The van der Waals surface area contributed by atoms with E-state index in [2.05, 4.69) is 17.1 Å². The van der Waals surface area contributed by atoms with Gasteiger partial charge < -0.3 is 15.0 Å². The van der Waals surface area contributed by atoms with Gasteiger partial charge in [-0.05, 0) is 64.8 Å². The molecule has 0 aromatic rings. The molecular weight excluding hydrogens is 248 g/mol. The van der Waals surface area contributed by atoms with Crippen LogP contribution in [0, 0.1) is 0 Å². The van der Waals surface area contributed by atoms with Crippen LogP contribution < -0.4 is 5.32 Å².